The molecule has 0 heterocycles. The number of carbonyl (C=O) groups is 1. The highest BCUT2D eigenvalue weighted by Gasteiger charge is 2.01. The third kappa shape index (κ3) is 3.62. The molecule has 0 saturated carbocycles. The molecule has 1 N–H and O–H groups in total. The van der Waals surface area contributed by atoms with Crippen LogP contribution in [0.4, 0.5) is 0 Å². The predicted octanol–water partition coefficient (Wildman–Crippen LogP) is 1.76. The molecule has 0 unspecified atom stereocenters. The Morgan fingerprint density at radius 2 is 2.13 bits per heavy atom. The second-order valence-corrected chi connectivity index (χ2v) is 3.27. The third-order valence-corrected chi connectivity index (χ3v) is 2.23. The smallest absolute Gasteiger partial charge is 0.219 e. The molecule has 0 aromatic heterocycles. The summed E-state index contributed by atoms with van der Waals surface area (Å²) in [6.07, 6.45) is 1.33. The van der Waals surface area contributed by atoms with E-state index in [9.17, 15) is 4.79 Å². The van der Waals surface area contributed by atoms with E-state index in [1.807, 2.05) is 31.2 Å². The topological polar surface area (TPSA) is 38.3 Å². The SMILES string of the molecule is CCC(=O)NCCc1ccccc1OC. The second kappa shape index (κ2) is 6.06. The summed E-state index contributed by atoms with van der Waals surface area (Å²) in [5.74, 6) is 0.966. The molecule has 15 heavy (non-hydrogen) atoms. The number of carbonyl (C=O) groups excluding carboxylic acids is 1. The number of para-hydroxylation sites is 1. The van der Waals surface area contributed by atoms with E-state index in [0.29, 0.717) is 13.0 Å². The number of methoxy groups -OCH3 is 1. The summed E-state index contributed by atoms with van der Waals surface area (Å²) >= 11 is 0. The molecule has 0 aliphatic heterocycles. The molecule has 3 nitrogen and oxygen atoms in total. The van der Waals surface area contributed by atoms with E-state index >= 15 is 0 Å². The zero-order chi connectivity index (χ0) is 11.1. The van der Waals surface area contributed by atoms with Crippen molar-refractivity contribution in [2.45, 2.75) is 19.8 Å². The van der Waals surface area contributed by atoms with E-state index in [2.05, 4.69) is 5.32 Å². The fourth-order valence-electron chi connectivity index (χ4n) is 1.37. The normalized spacial score (nSPS) is 9.73. The van der Waals surface area contributed by atoms with Crippen molar-refractivity contribution in [3.63, 3.8) is 0 Å². The van der Waals surface area contributed by atoms with Crippen LogP contribution in [0.15, 0.2) is 24.3 Å². The molecule has 1 amide bonds. The Morgan fingerprint density at radius 3 is 2.80 bits per heavy atom. The van der Waals surface area contributed by atoms with Crippen molar-refractivity contribution < 1.29 is 9.53 Å². The summed E-state index contributed by atoms with van der Waals surface area (Å²) in [6, 6.07) is 7.85. The lowest BCUT2D eigenvalue weighted by atomic mass is 10.1. The molecule has 0 bridgehead atoms. The number of nitrogens with one attached hydrogen (secondary N) is 1. The molecular weight excluding hydrogens is 190 g/mol. The van der Waals surface area contributed by atoms with Crippen LogP contribution in [0.1, 0.15) is 18.9 Å². The van der Waals surface area contributed by atoms with Gasteiger partial charge in [0.25, 0.3) is 0 Å². The van der Waals surface area contributed by atoms with E-state index in [1.165, 1.54) is 0 Å². The zero-order valence-corrected chi connectivity index (χ0v) is 9.25. The number of hydrogen-bond acceptors (Lipinski definition) is 2. The molecule has 0 spiro atoms. The monoisotopic (exact) mass is 207 g/mol. The number of ether oxygens (including phenoxy) is 1. The summed E-state index contributed by atoms with van der Waals surface area (Å²) in [6.45, 7) is 2.51. The van der Waals surface area contributed by atoms with Crippen molar-refractivity contribution >= 4 is 5.91 Å². The lowest BCUT2D eigenvalue weighted by molar-refractivity contribution is -0.120. The van der Waals surface area contributed by atoms with Crippen LogP contribution in [-0.4, -0.2) is 19.6 Å². The first kappa shape index (κ1) is 11.6. The quantitative estimate of drug-likeness (QED) is 0.799. The highest BCUT2D eigenvalue weighted by Crippen LogP contribution is 2.17. The van der Waals surface area contributed by atoms with Crippen LogP contribution < -0.4 is 10.1 Å². The van der Waals surface area contributed by atoms with Gasteiger partial charge in [-0.15, -0.1) is 0 Å². The van der Waals surface area contributed by atoms with Crippen LogP contribution in [0.2, 0.25) is 0 Å². The van der Waals surface area contributed by atoms with Gasteiger partial charge in [0.05, 0.1) is 7.11 Å². The Morgan fingerprint density at radius 1 is 1.40 bits per heavy atom. The van der Waals surface area contributed by atoms with E-state index in [-0.39, 0.29) is 5.91 Å². The van der Waals surface area contributed by atoms with E-state index < -0.39 is 0 Å². The van der Waals surface area contributed by atoms with Gasteiger partial charge >= 0.3 is 0 Å². The van der Waals surface area contributed by atoms with Gasteiger partial charge in [-0.3, -0.25) is 4.79 Å². The minimum absolute atomic E-state index is 0.0879. The fraction of sp³-hybridized carbons (Fsp3) is 0.417. The minimum atomic E-state index is 0.0879. The van der Waals surface area contributed by atoms with Crippen molar-refractivity contribution in [1.29, 1.82) is 0 Å². The summed E-state index contributed by atoms with van der Waals surface area (Å²) < 4.78 is 5.22. The fourth-order valence-corrected chi connectivity index (χ4v) is 1.37. The van der Waals surface area contributed by atoms with Crippen LogP contribution in [0.25, 0.3) is 0 Å². The Hall–Kier alpha value is -1.51. The molecule has 0 aliphatic carbocycles. The van der Waals surface area contributed by atoms with Gasteiger partial charge in [-0.1, -0.05) is 25.1 Å². The first-order chi connectivity index (χ1) is 7.27. The molecule has 3 heteroatoms. The first-order valence-corrected chi connectivity index (χ1v) is 5.16. The minimum Gasteiger partial charge on any atom is -0.496 e. The Kier molecular flexibility index (Phi) is 4.68. The largest absolute Gasteiger partial charge is 0.496 e. The Labute approximate surface area is 90.4 Å². The summed E-state index contributed by atoms with van der Waals surface area (Å²) in [7, 11) is 1.66. The van der Waals surface area contributed by atoms with Gasteiger partial charge in [-0.2, -0.15) is 0 Å². The lowest BCUT2D eigenvalue weighted by Crippen LogP contribution is -2.24. The van der Waals surface area contributed by atoms with Gasteiger partial charge in [0.2, 0.25) is 5.91 Å². The Bertz CT molecular complexity index is 323. The maximum absolute atomic E-state index is 11.0. The molecule has 1 aromatic rings. The molecule has 0 radical (unpaired) electrons. The van der Waals surface area contributed by atoms with E-state index in [4.69, 9.17) is 4.74 Å². The number of rotatable bonds is 5. The van der Waals surface area contributed by atoms with Crippen LogP contribution in [-0.2, 0) is 11.2 Å². The number of benzene rings is 1. The maximum Gasteiger partial charge on any atom is 0.219 e. The summed E-state index contributed by atoms with van der Waals surface area (Å²) in [4.78, 5) is 11.0. The zero-order valence-electron chi connectivity index (χ0n) is 9.25. The molecular formula is C12H17NO2. The van der Waals surface area contributed by atoms with Crippen LogP contribution in [0.3, 0.4) is 0 Å². The van der Waals surface area contributed by atoms with Crippen molar-refractivity contribution in [3.8, 4) is 5.75 Å². The molecule has 0 aliphatic rings. The lowest BCUT2D eigenvalue weighted by Gasteiger charge is -2.08. The first-order valence-electron chi connectivity index (χ1n) is 5.16. The van der Waals surface area contributed by atoms with E-state index in [0.717, 1.165) is 17.7 Å². The van der Waals surface area contributed by atoms with E-state index in [1.54, 1.807) is 7.11 Å². The molecule has 82 valence electrons. The summed E-state index contributed by atoms with van der Waals surface area (Å²) in [5, 5.41) is 2.84. The van der Waals surface area contributed by atoms with Gasteiger partial charge in [0.15, 0.2) is 0 Å². The van der Waals surface area contributed by atoms with Crippen molar-refractivity contribution in [2.75, 3.05) is 13.7 Å². The van der Waals surface area contributed by atoms with Gasteiger partial charge in [0, 0.05) is 13.0 Å². The van der Waals surface area contributed by atoms with Gasteiger partial charge in [-0.05, 0) is 18.1 Å². The molecule has 0 saturated heterocycles. The highest BCUT2D eigenvalue weighted by molar-refractivity contribution is 5.75. The summed E-state index contributed by atoms with van der Waals surface area (Å²) in [5.41, 5.74) is 1.12. The Balaban J connectivity index is 2.46. The van der Waals surface area contributed by atoms with Gasteiger partial charge in [0.1, 0.15) is 5.75 Å². The standard InChI is InChI=1S/C12H17NO2/c1-3-12(14)13-9-8-10-6-4-5-7-11(10)15-2/h4-7H,3,8-9H2,1-2H3,(H,13,14). The highest BCUT2D eigenvalue weighted by atomic mass is 16.5. The van der Waals surface area contributed by atoms with Crippen molar-refractivity contribution in [1.82, 2.24) is 5.32 Å². The molecule has 1 rings (SSSR count). The average Bonchev–Trinajstić information content (AvgIpc) is 2.29. The molecule has 0 atom stereocenters. The van der Waals surface area contributed by atoms with Crippen LogP contribution >= 0.6 is 0 Å². The average molecular weight is 207 g/mol. The second-order valence-electron chi connectivity index (χ2n) is 3.27. The molecule has 0 fully saturated rings. The number of hydrogen-bond donors (Lipinski definition) is 1. The maximum atomic E-state index is 11.0. The predicted molar refractivity (Wildman–Crippen MR) is 60.0 cm³/mol. The third-order valence-electron chi connectivity index (χ3n) is 2.23. The van der Waals surface area contributed by atoms with Crippen LogP contribution in [0, 0.1) is 0 Å². The number of amides is 1. The van der Waals surface area contributed by atoms with Crippen molar-refractivity contribution in [3.05, 3.63) is 29.8 Å². The van der Waals surface area contributed by atoms with Gasteiger partial charge < -0.3 is 10.1 Å². The van der Waals surface area contributed by atoms with Gasteiger partial charge in [-0.25, -0.2) is 0 Å². The van der Waals surface area contributed by atoms with Crippen LogP contribution in [0.5, 0.6) is 5.75 Å². The van der Waals surface area contributed by atoms with Crippen molar-refractivity contribution in [2.24, 2.45) is 0 Å². The molecule has 1 aromatic carbocycles.